The lowest BCUT2D eigenvalue weighted by Crippen LogP contribution is -2.45. The topological polar surface area (TPSA) is 49.3 Å². The van der Waals surface area contributed by atoms with Gasteiger partial charge in [-0.15, -0.1) is 0 Å². The van der Waals surface area contributed by atoms with Gasteiger partial charge in [0.25, 0.3) is 5.91 Å². The molecule has 0 heterocycles. The SMILES string of the molecule is CSCc1cccc(C(=O)NCC2(O)CCCC(C)C2)c1. The van der Waals surface area contributed by atoms with E-state index in [1.54, 1.807) is 11.8 Å². The zero-order valence-electron chi connectivity index (χ0n) is 12.9. The Kier molecular flexibility index (Phi) is 5.71. The maximum absolute atomic E-state index is 12.2. The molecule has 2 rings (SSSR count). The van der Waals surface area contributed by atoms with E-state index >= 15 is 0 Å². The van der Waals surface area contributed by atoms with E-state index in [2.05, 4.69) is 12.2 Å². The van der Waals surface area contributed by atoms with Gasteiger partial charge < -0.3 is 10.4 Å². The number of hydrogen-bond donors (Lipinski definition) is 2. The number of rotatable bonds is 5. The summed E-state index contributed by atoms with van der Waals surface area (Å²) >= 11 is 1.74. The Balaban J connectivity index is 1.93. The summed E-state index contributed by atoms with van der Waals surface area (Å²) in [7, 11) is 0. The summed E-state index contributed by atoms with van der Waals surface area (Å²) in [5.74, 6) is 1.35. The molecule has 1 saturated carbocycles. The predicted octanol–water partition coefficient (Wildman–Crippen LogP) is 3.22. The number of thioether (sulfide) groups is 1. The van der Waals surface area contributed by atoms with Crippen LogP contribution in [0.3, 0.4) is 0 Å². The van der Waals surface area contributed by atoms with Crippen molar-refractivity contribution >= 4 is 17.7 Å². The number of amides is 1. The first-order chi connectivity index (χ1) is 10.0. The minimum absolute atomic E-state index is 0.0930. The van der Waals surface area contributed by atoms with Crippen LogP contribution >= 0.6 is 11.8 Å². The van der Waals surface area contributed by atoms with Crippen molar-refractivity contribution in [2.45, 2.75) is 44.0 Å². The van der Waals surface area contributed by atoms with Crippen LogP contribution in [0.5, 0.6) is 0 Å². The van der Waals surface area contributed by atoms with E-state index in [1.807, 2.05) is 30.5 Å². The zero-order valence-corrected chi connectivity index (χ0v) is 13.7. The molecule has 1 aromatic carbocycles. The normalized spacial score (nSPS) is 25.6. The first-order valence-corrected chi connectivity index (χ1v) is 9.00. The number of benzene rings is 1. The Bertz CT molecular complexity index is 491. The maximum Gasteiger partial charge on any atom is 0.251 e. The summed E-state index contributed by atoms with van der Waals surface area (Å²) in [4.78, 5) is 12.2. The number of carbonyl (C=O) groups excluding carboxylic acids is 1. The van der Waals surface area contributed by atoms with Crippen molar-refractivity contribution in [1.29, 1.82) is 0 Å². The summed E-state index contributed by atoms with van der Waals surface area (Å²) < 4.78 is 0. The van der Waals surface area contributed by atoms with Crippen LogP contribution in [-0.2, 0) is 5.75 Å². The van der Waals surface area contributed by atoms with E-state index in [1.165, 1.54) is 6.42 Å². The fourth-order valence-electron chi connectivity index (χ4n) is 3.11. The van der Waals surface area contributed by atoms with Gasteiger partial charge in [-0.1, -0.05) is 31.9 Å². The van der Waals surface area contributed by atoms with Gasteiger partial charge in [0.15, 0.2) is 0 Å². The van der Waals surface area contributed by atoms with Gasteiger partial charge in [0.2, 0.25) is 0 Å². The second kappa shape index (κ2) is 7.32. The summed E-state index contributed by atoms with van der Waals surface area (Å²) in [6, 6.07) is 7.70. The highest BCUT2D eigenvalue weighted by Crippen LogP contribution is 2.31. The van der Waals surface area contributed by atoms with Crippen molar-refractivity contribution in [3.8, 4) is 0 Å². The van der Waals surface area contributed by atoms with E-state index in [4.69, 9.17) is 0 Å². The van der Waals surface area contributed by atoms with Crippen molar-refractivity contribution in [2.24, 2.45) is 5.92 Å². The highest BCUT2D eigenvalue weighted by atomic mass is 32.2. The van der Waals surface area contributed by atoms with E-state index in [0.717, 1.165) is 30.6 Å². The van der Waals surface area contributed by atoms with Crippen molar-refractivity contribution in [3.05, 3.63) is 35.4 Å². The van der Waals surface area contributed by atoms with Gasteiger partial charge in [0.1, 0.15) is 0 Å². The molecule has 0 radical (unpaired) electrons. The van der Waals surface area contributed by atoms with Crippen molar-refractivity contribution < 1.29 is 9.90 Å². The maximum atomic E-state index is 12.2. The molecule has 0 aromatic heterocycles. The van der Waals surface area contributed by atoms with Crippen LogP contribution in [0, 0.1) is 5.92 Å². The second-order valence-corrected chi connectivity index (χ2v) is 7.11. The molecule has 1 amide bonds. The summed E-state index contributed by atoms with van der Waals surface area (Å²) in [5, 5.41) is 13.5. The molecule has 4 heteroatoms. The minimum Gasteiger partial charge on any atom is -0.388 e. The molecule has 2 atom stereocenters. The molecule has 2 unspecified atom stereocenters. The molecule has 0 bridgehead atoms. The molecule has 2 N–H and O–H groups in total. The third kappa shape index (κ3) is 4.75. The van der Waals surface area contributed by atoms with Gasteiger partial charge >= 0.3 is 0 Å². The van der Waals surface area contributed by atoms with Crippen LogP contribution < -0.4 is 5.32 Å². The van der Waals surface area contributed by atoms with Crippen LogP contribution in [0.4, 0.5) is 0 Å². The molecule has 0 spiro atoms. The smallest absolute Gasteiger partial charge is 0.251 e. The molecule has 1 aliphatic rings. The van der Waals surface area contributed by atoms with Crippen LogP contribution in [0.2, 0.25) is 0 Å². The molecule has 116 valence electrons. The Morgan fingerprint density at radius 1 is 1.52 bits per heavy atom. The first kappa shape index (κ1) is 16.4. The van der Waals surface area contributed by atoms with Gasteiger partial charge in [-0.25, -0.2) is 0 Å². The first-order valence-electron chi connectivity index (χ1n) is 7.61. The van der Waals surface area contributed by atoms with E-state index < -0.39 is 5.60 Å². The number of aliphatic hydroxyl groups is 1. The van der Waals surface area contributed by atoms with Crippen molar-refractivity contribution in [3.63, 3.8) is 0 Å². The van der Waals surface area contributed by atoms with Gasteiger partial charge in [-0.2, -0.15) is 11.8 Å². The highest BCUT2D eigenvalue weighted by Gasteiger charge is 2.32. The Labute approximate surface area is 131 Å². The quantitative estimate of drug-likeness (QED) is 0.878. The monoisotopic (exact) mass is 307 g/mol. The lowest BCUT2D eigenvalue weighted by atomic mass is 9.79. The minimum atomic E-state index is -0.732. The lowest BCUT2D eigenvalue weighted by Gasteiger charge is -2.35. The van der Waals surface area contributed by atoms with Gasteiger partial charge in [0.05, 0.1) is 5.60 Å². The second-order valence-electron chi connectivity index (χ2n) is 6.24. The molecule has 1 aromatic rings. The molecular formula is C17H25NO2S. The number of nitrogens with one attached hydrogen (secondary N) is 1. The summed E-state index contributed by atoms with van der Waals surface area (Å²) in [6.07, 6.45) is 5.82. The van der Waals surface area contributed by atoms with Crippen LogP contribution in [-0.4, -0.2) is 29.4 Å². The fourth-order valence-corrected chi connectivity index (χ4v) is 3.62. The summed E-state index contributed by atoms with van der Waals surface area (Å²) in [5.41, 5.74) is 1.10. The number of hydrogen-bond acceptors (Lipinski definition) is 3. The molecule has 1 fully saturated rings. The molecule has 1 aliphatic carbocycles. The Morgan fingerprint density at radius 3 is 3.05 bits per heavy atom. The van der Waals surface area contributed by atoms with E-state index in [9.17, 15) is 9.90 Å². The molecule has 0 aliphatic heterocycles. The van der Waals surface area contributed by atoms with Crippen LogP contribution in [0.15, 0.2) is 24.3 Å². The Hall–Kier alpha value is -1.00. The highest BCUT2D eigenvalue weighted by molar-refractivity contribution is 7.97. The predicted molar refractivity (Wildman–Crippen MR) is 88.6 cm³/mol. The van der Waals surface area contributed by atoms with Crippen molar-refractivity contribution in [1.82, 2.24) is 5.32 Å². The lowest BCUT2D eigenvalue weighted by molar-refractivity contribution is -0.0109. The van der Waals surface area contributed by atoms with E-state index in [0.29, 0.717) is 18.0 Å². The third-order valence-corrected chi connectivity index (χ3v) is 4.77. The van der Waals surface area contributed by atoms with Crippen LogP contribution in [0.25, 0.3) is 0 Å². The summed E-state index contributed by atoms with van der Waals surface area (Å²) in [6.45, 7) is 2.51. The fraction of sp³-hybridized carbons (Fsp3) is 0.588. The Morgan fingerprint density at radius 2 is 2.33 bits per heavy atom. The average Bonchev–Trinajstić information content (AvgIpc) is 2.45. The van der Waals surface area contributed by atoms with Gasteiger partial charge in [-0.3, -0.25) is 4.79 Å². The standard InChI is InChI=1S/C17H25NO2S/c1-13-5-4-8-17(20,10-13)12-18-16(19)15-7-3-6-14(9-15)11-21-2/h3,6-7,9,13,20H,4-5,8,10-12H2,1-2H3,(H,18,19). The largest absolute Gasteiger partial charge is 0.388 e. The van der Waals surface area contributed by atoms with Crippen molar-refractivity contribution in [2.75, 3.05) is 12.8 Å². The molecular weight excluding hydrogens is 282 g/mol. The van der Waals surface area contributed by atoms with Gasteiger partial charge in [-0.05, 0) is 42.7 Å². The van der Waals surface area contributed by atoms with E-state index in [-0.39, 0.29) is 5.91 Å². The molecule has 21 heavy (non-hydrogen) atoms. The third-order valence-electron chi connectivity index (χ3n) is 4.15. The zero-order chi connectivity index (χ0) is 15.3. The number of carbonyl (C=O) groups is 1. The molecule has 0 saturated heterocycles. The molecule has 3 nitrogen and oxygen atoms in total. The van der Waals surface area contributed by atoms with Gasteiger partial charge in [0, 0.05) is 17.9 Å². The van der Waals surface area contributed by atoms with Crippen LogP contribution in [0.1, 0.15) is 48.5 Å². The average molecular weight is 307 g/mol.